The Bertz CT molecular complexity index is 780. The summed E-state index contributed by atoms with van der Waals surface area (Å²) >= 11 is 0. The molecule has 0 saturated carbocycles. The van der Waals surface area contributed by atoms with Crippen molar-refractivity contribution in [2.24, 2.45) is 0 Å². The predicted octanol–water partition coefficient (Wildman–Crippen LogP) is 0.222. The SMILES string of the molecule is C[C@H](NS(=O)(=O)c1ccc(S(=O)(=O)N2CCCC2)cc1)C(=O)O. The second kappa shape index (κ2) is 6.56. The number of carboxylic acid groups (broad SMARTS) is 1. The lowest BCUT2D eigenvalue weighted by molar-refractivity contribution is -0.138. The Hall–Kier alpha value is -1.49. The molecule has 1 heterocycles. The number of rotatable bonds is 6. The first-order valence-corrected chi connectivity index (χ1v) is 9.92. The van der Waals surface area contributed by atoms with E-state index in [2.05, 4.69) is 0 Å². The molecule has 0 radical (unpaired) electrons. The number of hydrogen-bond acceptors (Lipinski definition) is 5. The molecule has 1 atom stereocenters. The zero-order valence-electron chi connectivity index (χ0n) is 12.5. The lowest BCUT2D eigenvalue weighted by Crippen LogP contribution is -2.38. The summed E-state index contributed by atoms with van der Waals surface area (Å²) in [6.45, 7) is 2.12. The van der Waals surface area contributed by atoms with Crippen molar-refractivity contribution in [3.63, 3.8) is 0 Å². The number of sulfonamides is 2. The van der Waals surface area contributed by atoms with Gasteiger partial charge in [0.2, 0.25) is 20.0 Å². The molecule has 0 aliphatic carbocycles. The summed E-state index contributed by atoms with van der Waals surface area (Å²) in [5.74, 6) is -1.30. The first-order chi connectivity index (χ1) is 10.6. The van der Waals surface area contributed by atoms with Crippen LogP contribution in [0.2, 0.25) is 0 Å². The van der Waals surface area contributed by atoms with Crippen molar-refractivity contribution in [2.45, 2.75) is 35.6 Å². The third-order valence-electron chi connectivity index (χ3n) is 3.54. The third-order valence-corrected chi connectivity index (χ3v) is 7.01. The second-order valence-corrected chi connectivity index (χ2v) is 8.92. The van der Waals surface area contributed by atoms with Gasteiger partial charge in [-0.1, -0.05) is 0 Å². The van der Waals surface area contributed by atoms with E-state index in [9.17, 15) is 21.6 Å². The van der Waals surface area contributed by atoms with Crippen LogP contribution in [0.15, 0.2) is 34.1 Å². The van der Waals surface area contributed by atoms with Crippen molar-refractivity contribution in [3.05, 3.63) is 24.3 Å². The van der Waals surface area contributed by atoms with Crippen molar-refractivity contribution >= 4 is 26.0 Å². The highest BCUT2D eigenvalue weighted by Crippen LogP contribution is 2.22. The lowest BCUT2D eigenvalue weighted by atomic mass is 10.4. The molecular formula is C13H18N2O6S2. The van der Waals surface area contributed by atoms with Gasteiger partial charge in [0, 0.05) is 13.1 Å². The number of benzene rings is 1. The maximum Gasteiger partial charge on any atom is 0.321 e. The van der Waals surface area contributed by atoms with Crippen LogP contribution in [0.5, 0.6) is 0 Å². The molecular weight excluding hydrogens is 344 g/mol. The molecule has 10 heteroatoms. The zero-order valence-corrected chi connectivity index (χ0v) is 14.1. The number of nitrogens with zero attached hydrogens (tertiary/aromatic N) is 1. The van der Waals surface area contributed by atoms with Crippen LogP contribution in [0.25, 0.3) is 0 Å². The molecule has 0 spiro atoms. The molecule has 1 fully saturated rings. The van der Waals surface area contributed by atoms with Gasteiger partial charge in [-0.3, -0.25) is 4.79 Å². The van der Waals surface area contributed by atoms with E-state index in [1.165, 1.54) is 23.4 Å². The Morgan fingerprint density at radius 1 is 1.09 bits per heavy atom. The van der Waals surface area contributed by atoms with E-state index in [0.717, 1.165) is 25.0 Å². The smallest absolute Gasteiger partial charge is 0.321 e. The first kappa shape index (κ1) is 17.9. The maximum atomic E-state index is 12.3. The number of hydrogen-bond donors (Lipinski definition) is 2. The van der Waals surface area contributed by atoms with Crippen LogP contribution in [0.3, 0.4) is 0 Å². The minimum Gasteiger partial charge on any atom is -0.480 e. The van der Waals surface area contributed by atoms with Gasteiger partial charge in [0.15, 0.2) is 0 Å². The summed E-state index contributed by atoms with van der Waals surface area (Å²) in [6.07, 6.45) is 1.62. The quantitative estimate of drug-likeness (QED) is 0.747. The molecule has 2 N–H and O–H groups in total. The van der Waals surface area contributed by atoms with Crippen LogP contribution in [0.4, 0.5) is 0 Å². The van der Waals surface area contributed by atoms with E-state index in [1.807, 2.05) is 4.72 Å². The molecule has 1 saturated heterocycles. The monoisotopic (exact) mass is 362 g/mol. The first-order valence-electron chi connectivity index (χ1n) is 7.00. The minimum absolute atomic E-state index is 0.0182. The van der Waals surface area contributed by atoms with Crippen LogP contribution in [-0.4, -0.2) is 51.3 Å². The largest absolute Gasteiger partial charge is 0.480 e. The number of aliphatic carboxylic acids is 1. The fourth-order valence-corrected chi connectivity index (χ4v) is 4.93. The number of carbonyl (C=O) groups is 1. The van der Waals surface area contributed by atoms with Gasteiger partial charge in [-0.05, 0) is 44.0 Å². The number of nitrogens with one attached hydrogen (secondary N) is 1. The molecule has 1 aromatic rings. The summed E-state index contributed by atoms with van der Waals surface area (Å²) in [7, 11) is -7.64. The van der Waals surface area contributed by atoms with E-state index >= 15 is 0 Å². The third kappa shape index (κ3) is 3.89. The average molecular weight is 362 g/mol. The highest BCUT2D eigenvalue weighted by Gasteiger charge is 2.28. The highest BCUT2D eigenvalue weighted by atomic mass is 32.2. The molecule has 23 heavy (non-hydrogen) atoms. The van der Waals surface area contributed by atoms with Gasteiger partial charge in [0.1, 0.15) is 6.04 Å². The van der Waals surface area contributed by atoms with Gasteiger partial charge >= 0.3 is 5.97 Å². The van der Waals surface area contributed by atoms with Crippen molar-refractivity contribution in [3.8, 4) is 0 Å². The standard InChI is InChI=1S/C13H18N2O6S2/c1-10(13(16)17)14-22(18,19)11-4-6-12(7-5-11)23(20,21)15-8-2-3-9-15/h4-7,10,14H,2-3,8-9H2,1H3,(H,16,17)/t10-/m0/s1. The van der Waals surface area contributed by atoms with Crippen LogP contribution < -0.4 is 4.72 Å². The van der Waals surface area contributed by atoms with Crippen LogP contribution in [0, 0.1) is 0 Å². The summed E-state index contributed by atoms with van der Waals surface area (Å²) in [5.41, 5.74) is 0. The summed E-state index contributed by atoms with van der Waals surface area (Å²) < 4.78 is 52.1. The molecule has 0 amide bonds. The molecule has 1 aliphatic rings. The van der Waals surface area contributed by atoms with Gasteiger partial charge < -0.3 is 5.11 Å². The van der Waals surface area contributed by atoms with Crippen molar-refractivity contribution in [1.29, 1.82) is 0 Å². The molecule has 0 unspecified atom stereocenters. The summed E-state index contributed by atoms with van der Waals surface area (Å²) in [5, 5.41) is 8.75. The van der Waals surface area contributed by atoms with E-state index in [-0.39, 0.29) is 9.79 Å². The molecule has 1 aromatic carbocycles. The fourth-order valence-electron chi connectivity index (χ4n) is 2.22. The van der Waals surface area contributed by atoms with E-state index in [4.69, 9.17) is 5.11 Å². The molecule has 2 rings (SSSR count). The second-order valence-electron chi connectivity index (χ2n) is 5.26. The van der Waals surface area contributed by atoms with Gasteiger partial charge in [0.25, 0.3) is 0 Å². The highest BCUT2D eigenvalue weighted by molar-refractivity contribution is 7.89. The van der Waals surface area contributed by atoms with Crippen molar-refractivity contribution < 1.29 is 26.7 Å². The lowest BCUT2D eigenvalue weighted by Gasteiger charge is -2.16. The van der Waals surface area contributed by atoms with Crippen LogP contribution in [0.1, 0.15) is 19.8 Å². The Morgan fingerprint density at radius 3 is 2.04 bits per heavy atom. The normalized spacial score (nSPS) is 18.0. The topological polar surface area (TPSA) is 121 Å². The maximum absolute atomic E-state index is 12.3. The van der Waals surface area contributed by atoms with E-state index in [1.54, 1.807) is 0 Å². The Kier molecular flexibility index (Phi) is 5.09. The molecule has 1 aliphatic heterocycles. The Morgan fingerprint density at radius 2 is 1.57 bits per heavy atom. The average Bonchev–Trinajstić information content (AvgIpc) is 3.01. The Balaban J connectivity index is 2.24. The van der Waals surface area contributed by atoms with Crippen molar-refractivity contribution in [1.82, 2.24) is 9.03 Å². The zero-order chi connectivity index (χ0) is 17.3. The fraction of sp³-hybridized carbons (Fsp3) is 0.462. The molecule has 0 aromatic heterocycles. The number of carboxylic acids is 1. The summed E-state index contributed by atoms with van der Waals surface area (Å²) in [4.78, 5) is 10.6. The molecule has 128 valence electrons. The van der Waals surface area contributed by atoms with E-state index < -0.39 is 32.1 Å². The van der Waals surface area contributed by atoms with Gasteiger partial charge in [-0.15, -0.1) is 0 Å². The van der Waals surface area contributed by atoms with Gasteiger partial charge in [0.05, 0.1) is 9.79 Å². The van der Waals surface area contributed by atoms with Crippen molar-refractivity contribution in [2.75, 3.05) is 13.1 Å². The van der Waals surface area contributed by atoms with E-state index in [0.29, 0.717) is 13.1 Å². The molecule has 0 bridgehead atoms. The van der Waals surface area contributed by atoms with Gasteiger partial charge in [-0.25, -0.2) is 16.8 Å². The van der Waals surface area contributed by atoms with Gasteiger partial charge in [-0.2, -0.15) is 9.03 Å². The van der Waals surface area contributed by atoms with Crippen LogP contribution in [-0.2, 0) is 24.8 Å². The molecule has 8 nitrogen and oxygen atoms in total. The minimum atomic E-state index is -4.03. The Labute approximate surface area is 135 Å². The van der Waals surface area contributed by atoms with Crippen LogP contribution >= 0.6 is 0 Å². The summed E-state index contributed by atoms with van der Waals surface area (Å²) in [6, 6.07) is 3.45. The predicted molar refractivity (Wildman–Crippen MR) is 81.9 cm³/mol.